The number of carbonyl (C=O) groups excluding carboxylic acids is 1. The molecule has 0 spiro atoms. The van der Waals surface area contributed by atoms with Crippen molar-refractivity contribution in [3.05, 3.63) is 29.2 Å². The first-order valence-electron chi connectivity index (χ1n) is 10.9. The van der Waals surface area contributed by atoms with Gasteiger partial charge < -0.3 is 23.7 Å². The van der Waals surface area contributed by atoms with Crippen molar-refractivity contribution in [1.82, 2.24) is 0 Å². The van der Waals surface area contributed by atoms with Crippen molar-refractivity contribution < 1.29 is 28.2 Å². The molecule has 0 amide bonds. The largest absolute Gasteiger partial charge is 0.504 e. The Bertz CT molecular complexity index is 918. The lowest BCUT2D eigenvalue weighted by Gasteiger charge is -2.38. The molecular weight excluding hydrogens is 424 g/mol. The lowest BCUT2D eigenvalue weighted by Crippen LogP contribution is -2.43. The Balaban J connectivity index is 2.47. The number of aliphatic hydroxyl groups excluding tert-OH is 1. The molecule has 0 radical (unpaired) electrons. The van der Waals surface area contributed by atoms with Gasteiger partial charge in [-0.25, -0.2) is 4.42 Å². The number of ether oxygens (including phenoxy) is 3. The topological polar surface area (TPSA) is 68.5 Å². The maximum absolute atomic E-state index is 9.75. The molecule has 1 heterocycles. The van der Waals surface area contributed by atoms with Crippen molar-refractivity contribution in [2.24, 2.45) is 0 Å². The highest BCUT2D eigenvalue weighted by Gasteiger charge is 2.39. The average molecular weight is 462 g/mol. The van der Waals surface area contributed by atoms with Gasteiger partial charge in [0.15, 0.2) is 25.6 Å². The molecule has 7 heteroatoms. The first-order chi connectivity index (χ1) is 15.0. The van der Waals surface area contributed by atoms with Gasteiger partial charge in [-0.05, 0) is 42.6 Å². The number of benzene rings is 1. The molecule has 1 N–H and O–H groups in total. The van der Waals surface area contributed by atoms with Crippen LogP contribution in [0, 0.1) is 12.3 Å². The van der Waals surface area contributed by atoms with Crippen molar-refractivity contribution in [2.75, 3.05) is 21.3 Å². The molecule has 1 aromatic carbocycles. The number of ketones is 1. The lowest BCUT2D eigenvalue weighted by atomic mass is 9.93. The number of hydrogen-bond donors (Lipinski definition) is 1. The summed E-state index contributed by atoms with van der Waals surface area (Å²) in [6.07, 6.45) is 9.23. The molecule has 0 fully saturated rings. The Kier molecular flexibility index (Phi) is 8.44. The minimum absolute atomic E-state index is 0.0694. The summed E-state index contributed by atoms with van der Waals surface area (Å²) in [5, 5.41) is 9.82. The van der Waals surface area contributed by atoms with Gasteiger partial charge >= 0.3 is 12.0 Å². The van der Waals surface area contributed by atoms with Crippen molar-refractivity contribution in [3.63, 3.8) is 0 Å². The second-order valence-electron chi connectivity index (χ2n) is 9.40. The van der Waals surface area contributed by atoms with E-state index in [2.05, 4.69) is 39.8 Å². The molecule has 176 valence electrons. The number of aryl methyl sites for hydroxylation is 1. The Morgan fingerprint density at radius 2 is 1.78 bits per heavy atom. The molecule has 0 saturated carbocycles. The van der Waals surface area contributed by atoms with Crippen molar-refractivity contribution >= 4 is 14.1 Å². The van der Waals surface area contributed by atoms with Crippen LogP contribution in [0.4, 0.5) is 0 Å². The molecule has 0 aliphatic carbocycles. The summed E-state index contributed by atoms with van der Waals surface area (Å²) in [4.78, 5) is 0. The highest BCUT2D eigenvalue weighted by Crippen LogP contribution is 2.44. The van der Waals surface area contributed by atoms with Gasteiger partial charge in [0.1, 0.15) is 11.7 Å². The van der Waals surface area contributed by atoms with E-state index in [0.717, 1.165) is 11.1 Å². The molecule has 0 bridgehead atoms. The molecule has 32 heavy (non-hydrogen) atoms. The summed E-state index contributed by atoms with van der Waals surface area (Å²) in [5.74, 6) is 5.35. The van der Waals surface area contributed by atoms with E-state index in [0.29, 0.717) is 48.7 Å². The van der Waals surface area contributed by atoms with Crippen LogP contribution in [0.2, 0.25) is 18.1 Å². The Morgan fingerprint density at radius 1 is 1.12 bits per heavy atom. The Hall–Kier alpha value is -2.43. The third-order valence-electron chi connectivity index (χ3n) is 6.24. The second kappa shape index (κ2) is 10.5. The average Bonchev–Trinajstić information content (AvgIpc) is 2.75. The van der Waals surface area contributed by atoms with E-state index in [1.165, 1.54) is 6.26 Å². The number of terminal acetylenes is 1. The van der Waals surface area contributed by atoms with Gasteiger partial charge in [0.05, 0.1) is 27.8 Å². The second-order valence-corrected chi connectivity index (χ2v) is 14.2. The standard InChI is InChI=1S/C25H36O6Si/c1-10-19(31-32(8,9)25(2,3)4)13-11-17-15-21(27-5)23(28-6)24(29-7)22(17)20-14-12-18(26)16-30-20/h1,15-16,19H,11-14H2,2-9H3/p+1/t19-/m0/s1. The highest BCUT2D eigenvalue weighted by atomic mass is 28.4. The van der Waals surface area contributed by atoms with Crippen molar-refractivity contribution in [3.8, 4) is 29.6 Å². The van der Waals surface area contributed by atoms with Gasteiger partial charge in [-0.2, -0.15) is 0 Å². The van der Waals surface area contributed by atoms with Crippen LogP contribution >= 0.6 is 0 Å². The van der Waals surface area contributed by atoms with Gasteiger partial charge in [-0.15, -0.1) is 6.42 Å². The van der Waals surface area contributed by atoms with Crippen LogP contribution in [0.15, 0.2) is 18.1 Å². The van der Waals surface area contributed by atoms with Gasteiger partial charge in [-0.1, -0.05) is 26.7 Å². The Labute approximate surface area is 193 Å². The van der Waals surface area contributed by atoms with Crippen molar-refractivity contribution in [1.29, 1.82) is 0 Å². The molecule has 0 saturated heterocycles. The summed E-state index contributed by atoms with van der Waals surface area (Å²) < 4.78 is 29.1. The number of allylic oxidation sites excluding steroid dienone is 1. The predicted molar refractivity (Wildman–Crippen MR) is 130 cm³/mol. The molecule has 1 aliphatic heterocycles. The van der Waals surface area contributed by atoms with Crippen LogP contribution in [0.5, 0.6) is 17.2 Å². The van der Waals surface area contributed by atoms with Gasteiger partial charge in [0.25, 0.3) is 0 Å². The third-order valence-corrected chi connectivity index (χ3v) is 10.7. The van der Waals surface area contributed by atoms with Gasteiger partial charge in [-0.3, -0.25) is 0 Å². The first-order valence-corrected chi connectivity index (χ1v) is 13.8. The lowest BCUT2D eigenvalue weighted by molar-refractivity contribution is -0.183. The van der Waals surface area contributed by atoms with Gasteiger partial charge in [0, 0.05) is 6.42 Å². The number of aliphatic hydroxyl groups is 1. The molecule has 0 aromatic heterocycles. The molecular formula is C25H37O6Si+. The maximum atomic E-state index is 9.75. The van der Waals surface area contributed by atoms with Crippen LogP contribution in [0.25, 0.3) is 0 Å². The fourth-order valence-electron chi connectivity index (χ4n) is 3.39. The van der Waals surface area contributed by atoms with Crippen LogP contribution < -0.4 is 14.2 Å². The molecule has 0 unspecified atom stereocenters. The van der Waals surface area contributed by atoms with Crippen LogP contribution in [-0.4, -0.2) is 46.6 Å². The van der Waals surface area contributed by atoms with E-state index in [4.69, 9.17) is 29.5 Å². The zero-order chi connectivity index (χ0) is 24.1. The van der Waals surface area contributed by atoms with E-state index in [9.17, 15) is 5.11 Å². The normalized spacial score (nSPS) is 15.3. The minimum Gasteiger partial charge on any atom is -0.504 e. The van der Waals surface area contributed by atoms with E-state index < -0.39 is 8.32 Å². The summed E-state index contributed by atoms with van der Waals surface area (Å²) in [7, 11) is 2.75. The van der Waals surface area contributed by atoms with Crippen LogP contribution in [-0.2, 0) is 10.8 Å². The smallest absolute Gasteiger partial charge is 0.355 e. The maximum Gasteiger partial charge on any atom is 0.355 e. The zero-order valence-electron chi connectivity index (χ0n) is 20.6. The fraction of sp³-hybridized carbons (Fsp3) is 0.560. The first kappa shape index (κ1) is 25.8. The summed E-state index contributed by atoms with van der Waals surface area (Å²) >= 11 is 0. The monoisotopic (exact) mass is 461 g/mol. The zero-order valence-corrected chi connectivity index (χ0v) is 21.6. The Morgan fingerprint density at radius 3 is 2.25 bits per heavy atom. The van der Waals surface area contributed by atoms with E-state index in [-0.39, 0.29) is 16.9 Å². The van der Waals surface area contributed by atoms with Crippen molar-refractivity contribution in [2.45, 2.75) is 70.7 Å². The summed E-state index contributed by atoms with van der Waals surface area (Å²) in [6.45, 7) is 11.0. The van der Waals surface area contributed by atoms with Crippen LogP contribution in [0.1, 0.15) is 55.6 Å². The van der Waals surface area contributed by atoms with E-state index >= 15 is 0 Å². The van der Waals surface area contributed by atoms with Crippen LogP contribution in [0.3, 0.4) is 0 Å². The molecule has 6 nitrogen and oxygen atoms in total. The van der Waals surface area contributed by atoms with E-state index in [1.54, 1.807) is 21.3 Å². The highest BCUT2D eigenvalue weighted by molar-refractivity contribution is 6.74. The molecule has 1 aromatic rings. The van der Waals surface area contributed by atoms with Gasteiger partial charge in [0.2, 0.25) is 5.75 Å². The quantitative estimate of drug-likeness (QED) is 0.295. The SMILES string of the molecule is C#C[C@@H](CCc1cc(OC)c(OC)c(OC)c1C1=[O+]C=C(O)CC1)O[Si](C)(C)C(C)(C)C. The van der Waals surface area contributed by atoms with E-state index in [1.807, 2.05) is 6.07 Å². The minimum atomic E-state index is -2.01. The summed E-state index contributed by atoms with van der Waals surface area (Å²) in [5.41, 5.74) is 1.76. The molecule has 2 rings (SSSR count). The number of methoxy groups -OCH3 is 3. The third kappa shape index (κ3) is 5.67. The fourth-order valence-corrected chi connectivity index (χ4v) is 4.64. The predicted octanol–water partition coefficient (Wildman–Crippen LogP) is 5.58. The summed E-state index contributed by atoms with van der Waals surface area (Å²) in [6, 6.07) is 1.94. The number of rotatable bonds is 9. The molecule has 1 aliphatic rings. The number of hydrogen-bond acceptors (Lipinski definition) is 5. The molecule has 1 atom stereocenters.